The van der Waals surface area contributed by atoms with E-state index in [1.54, 1.807) is 10.8 Å². The summed E-state index contributed by atoms with van der Waals surface area (Å²) in [7, 11) is 0. The minimum absolute atomic E-state index is 0.228. The molecule has 2 aromatic rings. The van der Waals surface area contributed by atoms with Crippen LogP contribution in [-0.2, 0) is 9.47 Å². The molecule has 1 N–H and O–H groups in total. The van der Waals surface area contributed by atoms with Gasteiger partial charge in [-0.15, -0.1) is 10.2 Å². The normalized spacial score (nSPS) is 25.6. The lowest BCUT2D eigenvalue weighted by molar-refractivity contribution is 0.0131. The van der Waals surface area contributed by atoms with Crippen molar-refractivity contribution >= 4 is 11.3 Å². The van der Waals surface area contributed by atoms with Crippen molar-refractivity contribution in [3.05, 3.63) is 18.1 Å². The Kier molecular flexibility index (Phi) is 4.34. The van der Waals surface area contributed by atoms with Crippen LogP contribution >= 0.6 is 0 Å². The molecule has 24 heavy (non-hydrogen) atoms. The molecule has 2 aromatic heterocycles. The van der Waals surface area contributed by atoms with Crippen LogP contribution in [0.15, 0.2) is 12.4 Å². The summed E-state index contributed by atoms with van der Waals surface area (Å²) in [5.74, 6) is 0.340. The maximum absolute atomic E-state index is 5.76. The van der Waals surface area contributed by atoms with Crippen LogP contribution < -0.4 is 5.32 Å². The lowest BCUT2D eigenvalue weighted by Gasteiger charge is -2.34. The Hall–Kier alpha value is -1.77. The van der Waals surface area contributed by atoms with Gasteiger partial charge in [-0.1, -0.05) is 13.8 Å². The molecular formula is C16H24N6O2. The fourth-order valence-electron chi connectivity index (χ4n) is 3.38. The first-order valence-corrected chi connectivity index (χ1v) is 8.59. The van der Waals surface area contributed by atoms with Gasteiger partial charge in [0, 0.05) is 13.1 Å². The first kappa shape index (κ1) is 15.7. The molecule has 8 heteroatoms. The first-order valence-electron chi connectivity index (χ1n) is 8.59. The maximum atomic E-state index is 5.76. The highest BCUT2D eigenvalue weighted by Gasteiger charge is 2.34. The number of aromatic nitrogens is 4. The van der Waals surface area contributed by atoms with Crippen molar-refractivity contribution in [2.24, 2.45) is 0 Å². The SMILES string of the molecule is CC(C)c1cc(N[C@H]2COC[C@@H]2N2CCOCC2)c2nncn2n1. The fraction of sp³-hybridized carbons (Fsp3) is 0.688. The molecule has 2 saturated heterocycles. The van der Waals surface area contributed by atoms with Gasteiger partial charge in [0.2, 0.25) is 5.65 Å². The molecule has 0 amide bonds. The summed E-state index contributed by atoms with van der Waals surface area (Å²) in [6, 6.07) is 2.67. The number of fused-ring (bicyclic) bond motifs is 1. The number of nitrogens with zero attached hydrogens (tertiary/aromatic N) is 5. The zero-order valence-corrected chi connectivity index (χ0v) is 14.2. The summed E-state index contributed by atoms with van der Waals surface area (Å²) in [5, 5.41) is 16.4. The Morgan fingerprint density at radius 2 is 2.04 bits per heavy atom. The van der Waals surface area contributed by atoms with Gasteiger partial charge in [-0.05, 0) is 12.0 Å². The quantitative estimate of drug-likeness (QED) is 0.886. The summed E-state index contributed by atoms with van der Waals surface area (Å²) >= 11 is 0. The summed E-state index contributed by atoms with van der Waals surface area (Å²) in [5.41, 5.74) is 2.75. The van der Waals surface area contributed by atoms with Gasteiger partial charge in [0.1, 0.15) is 6.33 Å². The largest absolute Gasteiger partial charge is 0.379 e. The lowest BCUT2D eigenvalue weighted by atomic mass is 10.1. The smallest absolute Gasteiger partial charge is 0.200 e. The van der Waals surface area contributed by atoms with E-state index in [9.17, 15) is 0 Å². The van der Waals surface area contributed by atoms with Gasteiger partial charge < -0.3 is 14.8 Å². The highest BCUT2D eigenvalue weighted by molar-refractivity contribution is 5.67. The van der Waals surface area contributed by atoms with Gasteiger partial charge in [0.25, 0.3) is 0 Å². The summed E-state index contributed by atoms with van der Waals surface area (Å²) in [6.45, 7) is 9.23. The molecule has 0 saturated carbocycles. The molecule has 4 rings (SSSR count). The second kappa shape index (κ2) is 6.62. The van der Waals surface area contributed by atoms with E-state index >= 15 is 0 Å². The van der Waals surface area contributed by atoms with Crippen molar-refractivity contribution < 1.29 is 9.47 Å². The number of anilines is 1. The molecule has 4 heterocycles. The van der Waals surface area contributed by atoms with Crippen LogP contribution in [-0.4, -0.2) is 76.3 Å². The monoisotopic (exact) mass is 332 g/mol. The van der Waals surface area contributed by atoms with Crippen LogP contribution in [0.2, 0.25) is 0 Å². The summed E-state index contributed by atoms with van der Waals surface area (Å²) in [4.78, 5) is 2.46. The second-order valence-electron chi connectivity index (χ2n) is 6.74. The number of nitrogens with one attached hydrogen (secondary N) is 1. The van der Waals surface area contributed by atoms with Crippen molar-refractivity contribution in [2.75, 3.05) is 44.8 Å². The zero-order chi connectivity index (χ0) is 16.5. The Labute approximate surface area is 141 Å². The van der Waals surface area contributed by atoms with Crippen LogP contribution in [0, 0.1) is 0 Å². The van der Waals surface area contributed by atoms with E-state index in [4.69, 9.17) is 9.47 Å². The van der Waals surface area contributed by atoms with Crippen LogP contribution in [0.3, 0.4) is 0 Å². The molecular weight excluding hydrogens is 308 g/mol. The predicted molar refractivity (Wildman–Crippen MR) is 89.3 cm³/mol. The minimum atomic E-state index is 0.228. The third-order valence-corrected chi connectivity index (χ3v) is 4.78. The van der Waals surface area contributed by atoms with Crippen LogP contribution in [0.4, 0.5) is 5.69 Å². The third-order valence-electron chi connectivity index (χ3n) is 4.78. The molecule has 0 unspecified atom stereocenters. The Balaban J connectivity index is 1.59. The molecule has 2 fully saturated rings. The molecule has 0 aliphatic carbocycles. The van der Waals surface area contributed by atoms with E-state index in [0.717, 1.165) is 49.9 Å². The topological polar surface area (TPSA) is 76.8 Å². The second-order valence-corrected chi connectivity index (χ2v) is 6.74. The minimum Gasteiger partial charge on any atom is -0.379 e. The van der Waals surface area contributed by atoms with Gasteiger partial charge >= 0.3 is 0 Å². The molecule has 8 nitrogen and oxygen atoms in total. The van der Waals surface area contributed by atoms with Crippen molar-refractivity contribution in [2.45, 2.75) is 31.8 Å². The van der Waals surface area contributed by atoms with Crippen molar-refractivity contribution in [1.82, 2.24) is 24.7 Å². The van der Waals surface area contributed by atoms with Crippen LogP contribution in [0.1, 0.15) is 25.5 Å². The average molecular weight is 332 g/mol. The number of hydrogen-bond donors (Lipinski definition) is 1. The van der Waals surface area contributed by atoms with E-state index in [-0.39, 0.29) is 6.04 Å². The highest BCUT2D eigenvalue weighted by Crippen LogP contribution is 2.24. The van der Waals surface area contributed by atoms with Gasteiger partial charge in [-0.3, -0.25) is 4.90 Å². The molecule has 130 valence electrons. The molecule has 0 aromatic carbocycles. The van der Waals surface area contributed by atoms with E-state index in [2.05, 4.69) is 45.4 Å². The predicted octanol–water partition coefficient (Wildman–Crippen LogP) is 0.759. The van der Waals surface area contributed by atoms with Crippen LogP contribution in [0.5, 0.6) is 0 Å². The van der Waals surface area contributed by atoms with Crippen molar-refractivity contribution in [3.63, 3.8) is 0 Å². The molecule has 2 aliphatic rings. The number of rotatable bonds is 4. The maximum Gasteiger partial charge on any atom is 0.200 e. The van der Waals surface area contributed by atoms with Crippen molar-refractivity contribution in [3.8, 4) is 0 Å². The van der Waals surface area contributed by atoms with Gasteiger partial charge in [0.05, 0.1) is 49.9 Å². The standard InChI is InChI=1S/C16H24N6O2/c1-11(2)12-7-13(16-19-17-10-22(16)20-12)18-14-8-24-9-15(14)21-3-5-23-6-4-21/h7,10-11,14-15,18H,3-6,8-9H2,1-2H3/t14-,15-/m0/s1. The molecule has 2 aliphatic heterocycles. The van der Waals surface area contributed by atoms with Crippen LogP contribution in [0.25, 0.3) is 5.65 Å². The van der Waals surface area contributed by atoms with E-state index in [1.807, 2.05) is 0 Å². The molecule has 2 atom stereocenters. The summed E-state index contributed by atoms with van der Waals surface area (Å²) < 4.78 is 13.0. The third kappa shape index (κ3) is 2.97. The Bertz CT molecular complexity index is 697. The van der Waals surface area contributed by atoms with E-state index in [1.165, 1.54) is 0 Å². The fourth-order valence-corrected chi connectivity index (χ4v) is 3.38. The number of ether oxygens (including phenoxy) is 2. The molecule has 0 spiro atoms. The Morgan fingerprint density at radius 3 is 2.83 bits per heavy atom. The average Bonchev–Trinajstić information content (AvgIpc) is 3.24. The lowest BCUT2D eigenvalue weighted by Crippen LogP contribution is -2.50. The van der Waals surface area contributed by atoms with E-state index in [0.29, 0.717) is 18.6 Å². The first-order chi connectivity index (χ1) is 11.7. The summed E-state index contributed by atoms with van der Waals surface area (Å²) in [6.07, 6.45) is 1.65. The van der Waals surface area contributed by atoms with Crippen molar-refractivity contribution in [1.29, 1.82) is 0 Å². The molecule has 0 radical (unpaired) electrons. The zero-order valence-electron chi connectivity index (χ0n) is 14.2. The van der Waals surface area contributed by atoms with E-state index < -0.39 is 0 Å². The van der Waals surface area contributed by atoms with Gasteiger partial charge in [-0.25, -0.2) is 0 Å². The van der Waals surface area contributed by atoms with Gasteiger partial charge in [-0.2, -0.15) is 9.61 Å². The highest BCUT2D eigenvalue weighted by atomic mass is 16.5. The number of hydrogen-bond acceptors (Lipinski definition) is 7. The Morgan fingerprint density at radius 1 is 1.21 bits per heavy atom. The van der Waals surface area contributed by atoms with Gasteiger partial charge in [0.15, 0.2) is 0 Å². The molecule has 0 bridgehead atoms. The number of morpholine rings is 1.